The fourth-order valence-electron chi connectivity index (χ4n) is 3.45. The molecule has 0 aliphatic carbocycles. The van der Waals surface area contributed by atoms with Crippen LogP contribution in [0.4, 0.5) is 0 Å². The Labute approximate surface area is 170 Å². The summed E-state index contributed by atoms with van der Waals surface area (Å²) in [6.07, 6.45) is 1.31. The van der Waals surface area contributed by atoms with E-state index in [1.165, 1.54) is 21.8 Å². The number of aromatic nitrogens is 3. The Morgan fingerprint density at radius 3 is 2.73 bits per heavy atom. The summed E-state index contributed by atoms with van der Waals surface area (Å²) < 4.78 is 12.2. The molecule has 0 saturated carbocycles. The van der Waals surface area contributed by atoms with Gasteiger partial charge >= 0.3 is 12.7 Å². The van der Waals surface area contributed by atoms with E-state index in [2.05, 4.69) is 10.3 Å². The minimum absolute atomic E-state index is 0.0163. The number of carbonyl (C=O) groups is 2. The number of hydrogen-bond acceptors (Lipinski definition) is 9. The van der Waals surface area contributed by atoms with Crippen molar-refractivity contribution in [3.8, 4) is 11.5 Å². The topological polar surface area (TPSA) is 167 Å². The van der Waals surface area contributed by atoms with Crippen LogP contribution in [0.15, 0.2) is 18.3 Å². The number of likely N-dealkylation sites (tertiary alicyclic amines) is 1. The van der Waals surface area contributed by atoms with Gasteiger partial charge in [-0.25, -0.2) is 9.48 Å². The standard InChI is InChI=1S/C17H20BN4O8/c23-9-11-5-22(20-19-11)8-14(24)21-6-12(7-21)29-13-2-1-10-3-4-18(27,28)30-16(10)15(13)17(25)26/h1-2,5,12,23,27-28H,3-4,6-9H2,(H,25,26)/q-1. The average molecular weight is 419 g/mol. The third-order valence-electron chi connectivity index (χ3n) is 5.05. The monoisotopic (exact) mass is 419 g/mol. The maximum atomic E-state index is 12.3. The molecule has 4 N–H and O–H groups in total. The molecule has 13 heteroatoms. The maximum absolute atomic E-state index is 12.3. The first-order chi connectivity index (χ1) is 14.3. The van der Waals surface area contributed by atoms with Crippen molar-refractivity contribution in [3.63, 3.8) is 0 Å². The molecular weight excluding hydrogens is 399 g/mol. The third kappa shape index (κ3) is 3.94. The predicted molar refractivity (Wildman–Crippen MR) is 99.7 cm³/mol. The number of hydrogen-bond donors (Lipinski definition) is 4. The lowest BCUT2D eigenvalue weighted by atomic mass is 9.70. The Bertz CT molecular complexity index is 988. The van der Waals surface area contributed by atoms with Gasteiger partial charge in [0.25, 0.3) is 0 Å². The lowest BCUT2D eigenvalue weighted by Gasteiger charge is -2.40. The van der Waals surface area contributed by atoms with E-state index in [-0.39, 0.29) is 62.0 Å². The SMILES string of the molecule is O=C(O)c1c(OC2CN(C(=O)Cn3cc(CO)nn3)C2)ccc2c1O[B-](O)(O)CC2. The summed E-state index contributed by atoms with van der Waals surface area (Å²) in [7, 11) is 0. The van der Waals surface area contributed by atoms with Crippen molar-refractivity contribution in [2.75, 3.05) is 13.1 Å². The molecule has 0 unspecified atom stereocenters. The Kier molecular flexibility index (Phi) is 5.09. The molecule has 1 aromatic heterocycles. The summed E-state index contributed by atoms with van der Waals surface area (Å²) in [4.78, 5) is 25.6. The first kappa shape index (κ1) is 20.1. The number of aliphatic hydroxyl groups is 1. The number of fused-ring (bicyclic) bond motifs is 1. The van der Waals surface area contributed by atoms with Crippen LogP contribution in [0.3, 0.4) is 0 Å². The van der Waals surface area contributed by atoms with Gasteiger partial charge in [-0.3, -0.25) is 4.79 Å². The molecule has 1 amide bonds. The second-order valence-corrected chi connectivity index (χ2v) is 7.35. The minimum Gasteiger partial charge on any atom is -0.669 e. The second-order valence-electron chi connectivity index (χ2n) is 7.35. The first-order valence-corrected chi connectivity index (χ1v) is 9.38. The number of amides is 1. The molecule has 0 radical (unpaired) electrons. The Balaban J connectivity index is 1.41. The molecular formula is C17H20BN4O8-. The molecule has 1 aromatic carbocycles. The van der Waals surface area contributed by atoms with Gasteiger partial charge < -0.3 is 34.6 Å². The van der Waals surface area contributed by atoms with E-state index in [1.807, 2.05) is 0 Å². The number of aliphatic hydroxyl groups excluding tert-OH is 1. The van der Waals surface area contributed by atoms with Crippen molar-refractivity contribution in [2.45, 2.75) is 32.0 Å². The summed E-state index contributed by atoms with van der Waals surface area (Å²) in [5, 5.41) is 45.6. The molecule has 3 heterocycles. The van der Waals surface area contributed by atoms with Crippen LogP contribution in [0.5, 0.6) is 11.5 Å². The highest BCUT2D eigenvalue weighted by Crippen LogP contribution is 2.38. The lowest BCUT2D eigenvalue weighted by molar-refractivity contribution is -0.140. The van der Waals surface area contributed by atoms with Crippen molar-refractivity contribution >= 4 is 18.6 Å². The average Bonchev–Trinajstić information content (AvgIpc) is 3.10. The van der Waals surface area contributed by atoms with E-state index in [4.69, 9.17) is 14.5 Å². The molecule has 0 atom stereocenters. The predicted octanol–water partition coefficient (Wildman–Crippen LogP) is -1.38. The summed E-state index contributed by atoms with van der Waals surface area (Å²) in [6.45, 7) is -2.91. The minimum atomic E-state index is -3.11. The molecule has 12 nitrogen and oxygen atoms in total. The highest BCUT2D eigenvalue weighted by molar-refractivity contribution is 6.59. The Hall–Kier alpha value is -3.16. The number of aryl methyl sites for hydroxylation is 1. The molecule has 160 valence electrons. The highest BCUT2D eigenvalue weighted by Gasteiger charge is 2.36. The summed E-state index contributed by atoms with van der Waals surface area (Å²) in [5.41, 5.74) is 0.644. The van der Waals surface area contributed by atoms with Crippen molar-refractivity contribution in [1.29, 1.82) is 0 Å². The number of carbonyl (C=O) groups excluding carboxylic acids is 1. The number of rotatable bonds is 6. The smallest absolute Gasteiger partial charge is 0.430 e. The summed E-state index contributed by atoms with van der Waals surface area (Å²) >= 11 is 0. The number of carboxylic acids is 1. The molecule has 0 spiro atoms. The quantitative estimate of drug-likeness (QED) is 0.410. The van der Waals surface area contributed by atoms with E-state index in [9.17, 15) is 24.7 Å². The van der Waals surface area contributed by atoms with Crippen LogP contribution in [0.2, 0.25) is 6.32 Å². The number of nitrogens with zero attached hydrogens (tertiary/aromatic N) is 4. The number of carboxylic acid groups (broad SMARTS) is 1. The third-order valence-corrected chi connectivity index (χ3v) is 5.05. The van der Waals surface area contributed by atoms with Gasteiger partial charge in [0.2, 0.25) is 5.91 Å². The van der Waals surface area contributed by atoms with Crippen molar-refractivity contribution < 1.29 is 39.2 Å². The maximum Gasteiger partial charge on any atom is 0.430 e. The van der Waals surface area contributed by atoms with Gasteiger partial charge in [0.05, 0.1) is 31.6 Å². The van der Waals surface area contributed by atoms with Crippen LogP contribution < -0.4 is 9.39 Å². The largest absolute Gasteiger partial charge is 0.669 e. The number of aromatic carboxylic acids is 1. The molecule has 0 bridgehead atoms. The molecule has 2 aromatic rings. The van der Waals surface area contributed by atoms with E-state index in [1.54, 1.807) is 6.07 Å². The lowest BCUT2D eigenvalue weighted by Crippen LogP contribution is -2.57. The van der Waals surface area contributed by atoms with Crippen LogP contribution in [-0.4, -0.2) is 78.0 Å². The van der Waals surface area contributed by atoms with E-state index in [0.29, 0.717) is 11.3 Å². The molecule has 30 heavy (non-hydrogen) atoms. The van der Waals surface area contributed by atoms with E-state index < -0.39 is 18.8 Å². The summed E-state index contributed by atoms with van der Waals surface area (Å²) in [5.74, 6) is -1.59. The van der Waals surface area contributed by atoms with Gasteiger partial charge in [-0.15, -0.1) is 5.10 Å². The van der Waals surface area contributed by atoms with Crippen LogP contribution >= 0.6 is 0 Å². The summed E-state index contributed by atoms with van der Waals surface area (Å²) in [6, 6.07) is 3.14. The van der Waals surface area contributed by atoms with Crippen molar-refractivity contribution in [2.24, 2.45) is 0 Å². The highest BCUT2D eigenvalue weighted by atomic mass is 16.6. The zero-order valence-electron chi connectivity index (χ0n) is 15.8. The van der Waals surface area contributed by atoms with Crippen LogP contribution in [0.25, 0.3) is 0 Å². The first-order valence-electron chi connectivity index (χ1n) is 9.38. The second kappa shape index (κ2) is 7.59. The van der Waals surface area contributed by atoms with Crippen molar-refractivity contribution in [3.05, 3.63) is 35.2 Å². The van der Waals surface area contributed by atoms with E-state index in [0.717, 1.165) is 0 Å². The van der Waals surface area contributed by atoms with Gasteiger partial charge in [-0.05, 0) is 18.1 Å². The van der Waals surface area contributed by atoms with Gasteiger partial charge in [0, 0.05) is 0 Å². The van der Waals surface area contributed by atoms with Gasteiger partial charge in [0.15, 0.2) is 0 Å². The zero-order chi connectivity index (χ0) is 21.5. The zero-order valence-corrected chi connectivity index (χ0v) is 15.8. The fourth-order valence-corrected chi connectivity index (χ4v) is 3.45. The molecule has 1 fully saturated rings. The number of benzene rings is 1. The fraction of sp³-hybridized carbons (Fsp3) is 0.412. The van der Waals surface area contributed by atoms with Gasteiger partial charge in [-0.2, -0.15) is 0 Å². The van der Waals surface area contributed by atoms with Crippen molar-refractivity contribution in [1.82, 2.24) is 19.9 Å². The van der Waals surface area contributed by atoms with Crippen LogP contribution in [0.1, 0.15) is 21.6 Å². The van der Waals surface area contributed by atoms with Crippen LogP contribution in [0, 0.1) is 0 Å². The molecule has 4 rings (SSSR count). The Morgan fingerprint density at radius 1 is 1.30 bits per heavy atom. The van der Waals surface area contributed by atoms with Crippen LogP contribution in [-0.2, 0) is 24.4 Å². The van der Waals surface area contributed by atoms with Gasteiger partial charge in [0.1, 0.15) is 29.7 Å². The normalized spacial score (nSPS) is 17.6. The van der Waals surface area contributed by atoms with Gasteiger partial charge in [-0.1, -0.05) is 17.6 Å². The number of ether oxygens (including phenoxy) is 1. The Morgan fingerprint density at radius 2 is 2.07 bits per heavy atom. The molecule has 2 aliphatic heterocycles. The van der Waals surface area contributed by atoms with E-state index >= 15 is 0 Å². The molecule has 1 saturated heterocycles. The molecule has 2 aliphatic rings.